The topological polar surface area (TPSA) is 63.8 Å². The molecule has 3 heterocycles. The summed E-state index contributed by atoms with van der Waals surface area (Å²) in [4.78, 5) is 8.67. The monoisotopic (exact) mass is 278 g/mol. The number of nitrogens with zero attached hydrogens (tertiary/aromatic N) is 3. The van der Waals surface area contributed by atoms with E-state index in [0.717, 1.165) is 24.9 Å². The third-order valence-electron chi connectivity index (χ3n) is 3.61. The van der Waals surface area contributed by atoms with E-state index in [0.29, 0.717) is 17.4 Å². The van der Waals surface area contributed by atoms with Gasteiger partial charge in [0, 0.05) is 24.0 Å². The fourth-order valence-electron chi connectivity index (χ4n) is 2.55. The van der Waals surface area contributed by atoms with Gasteiger partial charge in [-0.05, 0) is 48.7 Å². The second-order valence-electron chi connectivity index (χ2n) is 5.04. The van der Waals surface area contributed by atoms with E-state index in [1.165, 1.54) is 11.3 Å². The summed E-state index contributed by atoms with van der Waals surface area (Å²) in [5, 5.41) is 7.41. The quantitative estimate of drug-likeness (QED) is 0.780. The van der Waals surface area contributed by atoms with Crippen molar-refractivity contribution >= 4 is 5.69 Å². The van der Waals surface area contributed by atoms with Gasteiger partial charge in [-0.2, -0.15) is 4.98 Å². The number of rotatable bonds is 2. The Morgan fingerprint density at radius 1 is 1.14 bits per heavy atom. The first kappa shape index (κ1) is 12.1. The Labute approximate surface area is 122 Å². The van der Waals surface area contributed by atoms with Crippen molar-refractivity contribution in [3.05, 3.63) is 48.2 Å². The van der Waals surface area contributed by atoms with Crippen LogP contribution in [0.4, 0.5) is 5.69 Å². The van der Waals surface area contributed by atoms with Crippen LogP contribution in [0, 0.1) is 0 Å². The Morgan fingerprint density at radius 3 is 3.05 bits per heavy atom. The van der Waals surface area contributed by atoms with Crippen LogP contribution in [-0.2, 0) is 6.42 Å². The van der Waals surface area contributed by atoms with E-state index in [1.807, 2.05) is 24.3 Å². The molecule has 1 aromatic carbocycles. The number of nitrogens with one attached hydrogen (secondary N) is 1. The van der Waals surface area contributed by atoms with Crippen LogP contribution in [0.25, 0.3) is 23.0 Å². The van der Waals surface area contributed by atoms with Crippen LogP contribution in [0.2, 0.25) is 0 Å². The number of benzene rings is 1. The van der Waals surface area contributed by atoms with Crippen LogP contribution in [0.1, 0.15) is 12.0 Å². The van der Waals surface area contributed by atoms with E-state index in [4.69, 9.17) is 4.52 Å². The summed E-state index contributed by atoms with van der Waals surface area (Å²) in [5.74, 6) is 1.05. The molecule has 5 heteroatoms. The van der Waals surface area contributed by atoms with Crippen molar-refractivity contribution in [2.24, 2.45) is 0 Å². The van der Waals surface area contributed by atoms with Gasteiger partial charge in [0.1, 0.15) is 5.69 Å². The van der Waals surface area contributed by atoms with Crippen molar-refractivity contribution in [3.8, 4) is 23.0 Å². The molecule has 0 bridgehead atoms. The molecule has 5 nitrogen and oxygen atoms in total. The van der Waals surface area contributed by atoms with Gasteiger partial charge in [0.05, 0.1) is 0 Å². The molecule has 0 atom stereocenters. The molecule has 3 aromatic rings. The molecule has 4 rings (SSSR count). The number of aryl methyl sites for hydroxylation is 1. The maximum absolute atomic E-state index is 5.37. The van der Waals surface area contributed by atoms with Crippen molar-refractivity contribution < 1.29 is 4.52 Å². The van der Waals surface area contributed by atoms with E-state index < -0.39 is 0 Å². The molecule has 21 heavy (non-hydrogen) atoms. The highest BCUT2D eigenvalue weighted by atomic mass is 16.5. The van der Waals surface area contributed by atoms with Crippen LogP contribution >= 0.6 is 0 Å². The average Bonchev–Trinajstić information content (AvgIpc) is 3.05. The van der Waals surface area contributed by atoms with Gasteiger partial charge >= 0.3 is 0 Å². The van der Waals surface area contributed by atoms with Gasteiger partial charge in [0.2, 0.25) is 5.82 Å². The highest BCUT2D eigenvalue weighted by molar-refractivity contribution is 5.64. The molecule has 1 N–H and O–H groups in total. The Balaban J connectivity index is 1.70. The lowest BCUT2D eigenvalue weighted by molar-refractivity contribution is 0.432. The van der Waals surface area contributed by atoms with Crippen LogP contribution in [0.15, 0.2) is 47.1 Å². The summed E-state index contributed by atoms with van der Waals surface area (Å²) in [7, 11) is 0. The number of aromatic nitrogens is 3. The zero-order valence-corrected chi connectivity index (χ0v) is 11.4. The van der Waals surface area contributed by atoms with E-state index in [9.17, 15) is 0 Å². The van der Waals surface area contributed by atoms with Crippen molar-refractivity contribution in [1.82, 2.24) is 15.1 Å². The third-order valence-corrected chi connectivity index (χ3v) is 3.61. The van der Waals surface area contributed by atoms with Crippen molar-refractivity contribution in [2.75, 3.05) is 11.9 Å². The lowest BCUT2D eigenvalue weighted by Crippen LogP contribution is -2.11. The van der Waals surface area contributed by atoms with Crippen LogP contribution < -0.4 is 5.32 Å². The van der Waals surface area contributed by atoms with Gasteiger partial charge in [0.25, 0.3) is 5.89 Å². The predicted octanol–water partition coefficient (Wildman–Crippen LogP) is 3.16. The Kier molecular flexibility index (Phi) is 2.88. The predicted molar refractivity (Wildman–Crippen MR) is 79.8 cm³/mol. The Morgan fingerprint density at radius 2 is 2.14 bits per heavy atom. The molecule has 0 amide bonds. The standard InChI is InChI=1S/C16H14N4O/c1-2-8-18-14(5-1)15-19-16(21-20-15)12-6-7-13-11(10-12)4-3-9-17-13/h1-2,5-8,10,17H,3-4,9H2. The zero-order chi connectivity index (χ0) is 14.1. The Hall–Kier alpha value is -2.69. The fourth-order valence-corrected chi connectivity index (χ4v) is 2.55. The smallest absolute Gasteiger partial charge is 0.258 e. The molecule has 0 aliphatic carbocycles. The number of fused-ring (bicyclic) bond motifs is 1. The summed E-state index contributed by atoms with van der Waals surface area (Å²) in [6, 6.07) is 11.8. The normalized spacial score (nSPS) is 13.5. The number of hydrogen-bond acceptors (Lipinski definition) is 5. The second-order valence-corrected chi connectivity index (χ2v) is 5.04. The third kappa shape index (κ3) is 2.27. The molecular weight excluding hydrogens is 264 g/mol. The second kappa shape index (κ2) is 5.01. The van der Waals surface area contributed by atoms with Gasteiger partial charge < -0.3 is 9.84 Å². The first-order chi connectivity index (χ1) is 10.4. The van der Waals surface area contributed by atoms with Gasteiger partial charge in [-0.1, -0.05) is 11.2 Å². The average molecular weight is 278 g/mol. The molecule has 2 aromatic heterocycles. The minimum absolute atomic E-state index is 0.515. The van der Waals surface area contributed by atoms with E-state index >= 15 is 0 Å². The highest BCUT2D eigenvalue weighted by Gasteiger charge is 2.14. The SMILES string of the molecule is c1ccc(-c2noc(-c3ccc4c(c3)CCCN4)n2)nc1. The zero-order valence-electron chi connectivity index (χ0n) is 11.4. The summed E-state index contributed by atoms with van der Waals surface area (Å²) in [5.41, 5.74) is 4.17. The molecule has 0 saturated heterocycles. The van der Waals surface area contributed by atoms with Crippen molar-refractivity contribution in [3.63, 3.8) is 0 Å². The summed E-state index contributed by atoms with van der Waals surface area (Å²) in [6.45, 7) is 1.04. The lowest BCUT2D eigenvalue weighted by Gasteiger charge is -2.17. The number of anilines is 1. The van der Waals surface area contributed by atoms with Crippen LogP contribution in [0.3, 0.4) is 0 Å². The lowest BCUT2D eigenvalue weighted by atomic mass is 10.0. The summed E-state index contributed by atoms with van der Waals surface area (Å²) >= 11 is 0. The molecule has 1 aliphatic heterocycles. The number of hydrogen-bond donors (Lipinski definition) is 1. The van der Waals surface area contributed by atoms with Crippen molar-refractivity contribution in [1.29, 1.82) is 0 Å². The Bertz CT molecular complexity index is 767. The molecular formula is C16H14N4O. The minimum Gasteiger partial charge on any atom is -0.385 e. The van der Waals surface area contributed by atoms with E-state index in [-0.39, 0.29) is 0 Å². The molecule has 1 aliphatic rings. The first-order valence-corrected chi connectivity index (χ1v) is 7.02. The van der Waals surface area contributed by atoms with Gasteiger partial charge in [-0.25, -0.2) is 0 Å². The van der Waals surface area contributed by atoms with Crippen molar-refractivity contribution in [2.45, 2.75) is 12.8 Å². The van der Waals surface area contributed by atoms with Gasteiger partial charge in [-0.15, -0.1) is 0 Å². The highest BCUT2D eigenvalue weighted by Crippen LogP contribution is 2.28. The first-order valence-electron chi connectivity index (χ1n) is 7.02. The van der Waals surface area contributed by atoms with E-state index in [1.54, 1.807) is 6.20 Å². The summed E-state index contributed by atoms with van der Waals surface area (Å²) in [6.07, 6.45) is 3.95. The molecule has 0 radical (unpaired) electrons. The maximum Gasteiger partial charge on any atom is 0.258 e. The van der Waals surface area contributed by atoms with Crippen LogP contribution in [0.5, 0.6) is 0 Å². The van der Waals surface area contributed by atoms with Gasteiger partial charge in [0.15, 0.2) is 0 Å². The van der Waals surface area contributed by atoms with E-state index in [2.05, 4.69) is 32.6 Å². The molecule has 0 spiro atoms. The maximum atomic E-state index is 5.37. The van der Waals surface area contributed by atoms with Gasteiger partial charge in [-0.3, -0.25) is 4.98 Å². The molecule has 0 fully saturated rings. The minimum atomic E-state index is 0.515. The summed E-state index contributed by atoms with van der Waals surface area (Å²) < 4.78 is 5.37. The largest absolute Gasteiger partial charge is 0.385 e. The molecule has 104 valence electrons. The number of pyridine rings is 1. The van der Waals surface area contributed by atoms with Crippen LogP contribution in [-0.4, -0.2) is 21.7 Å². The molecule has 0 saturated carbocycles. The fraction of sp³-hybridized carbons (Fsp3) is 0.188. The molecule has 0 unspecified atom stereocenters.